The summed E-state index contributed by atoms with van der Waals surface area (Å²) in [5, 5.41) is 3.09. The molecule has 1 aliphatic rings. The predicted octanol–water partition coefficient (Wildman–Crippen LogP) is 6.71. The Morgan fingerprint density at radius 1 is 0.976 bits per heavy atom. The average molecular weight is 580 g/mol. The fraction of sp³-hybridized carbons (Fsp3) is 0.559. The second-order valence-electron chi connectivity index (χ2n) is 11.3. The van der Waals surface area contributed by atoms with Crippen molar-refractivity contribution >= 4 is 17.9 Å². The monoisotopic (exact) mass is 579 g/mol. The maximum absolute atomic E-state index is 13.6. The number of aryl methyl sites for hydroxylation is 3. The third kappa shape index (κ3) is 6.97. The van der Waals surface area contributed by atoms with Gasteiger partial charge in [0.1, 0.15) is 17.8 Å². The van der Waals surface area contributed by atoms with Gasteiger partial charge in [0, 0.05) is 6.54 Å². The molecule has 1 heterocycles. The first-order valence-electron chi connectivity index (χ1n) is 15.4. The number of amides is 3. The topological polar surface area (TPSA) is 88.2 Å². The molecule has 0 radical (unpaired) electrons. The second kappa shape index (κ2) is 14.7. The number of imide groups is 1. The molecule has 1 saturated heterocycles. The molecule has 0 aromatic heterocycles. The fourth-order valence-corrected chi connectivity index (χ4v) is 5.85. The Kier molecular flexibility index (Phi) is 11.6. The number of nitrogens with zero attached hydrogens (tertiary/aromatic N) is 2. The lowest BCUT2D eigenvalue weighted by molar-refractivity contribution is -0.191. The van der Waals surface area contributed by atoms with Gasteiger partial charge in [-0.1, -0.05) is 70.9 Å². The van der Waals surface area contributed by atoms with Gasteiger partial charge in [-0.05, 0) is 81.9 Å². The van der Waals surface area contributed by atoms with E-state index >= 15 is 0 Å². The van der Waals surface area contributed by atoms with Gasteiger partial charge in [-0.25, -0.2) is 14.5 Å². The van der Waals surface area contributed by atoms with Gasteiger partial charge in [-0.2, -0.15) is 0 Å². The minimum absolute atomic E-state index is 0.216. The van der Waals surface area contributed by atoms with E-state index in [9.17, 15) is 14.4 Å². The van der Waals surface area contributed by atoms with Crippen LogP contribution in [0.5, 0.6) is 5.75 Å². The summed E-state index contributed by atoms with van der Waals surface area (Å²) >= 11 is 0. The number of likely N-dealkylation sites (N-methyl/N-ethyl adjacent to an activating group) is 1. The summed E-state index contributed by atoms with van der Waals surface area (Å²) in [6.07, 6.45) is 1.96. The number of benzene rings is 2. The van der Waals surface area contributed by atoms with Gasteiger partial charge in [-0.15, -0.1) is 0 Å². The van der Waals surface area contributed by atoms with E-state index in [1.165, 1.54) is 4.90 Å². The lowest BCUT2D eigenvalue weighted by Crippen LogP contribution is -2.73. The summed E-state index contributed by atoms with van der Waals surface area (Å²) < 4.78 is 12.0. The molecule has 3 amide bonds. The van der Waals surface area contributed by atoms with Crippen LogP contribution in [0.1, 0.15) is 99.0 Å². The van der Waals surface area contributed by atoms with E-state index in [0.29, 0.717) is 37.3 Å². The number of nitrogens with one attached hydrogen (secondary N) is 1. The van der Waals surface area contributed by atoms with Crippen LogP contribution in [-0.4, -0.2) is 60.2 Å². The van der Waals surface area contributed by atoms with Crippen molar-refractivity contribution in [3.63, 3.8) is 0 Å². The van der Waals surface area contributed by atoms with Crippen molar-refractivity contribution in [2.45, 2.75) is 93.3 Å². The van der Waals surface area contributed by atoms with Crippen LogP contribution in [0.4, 0.5) is 4.79 Å². The van der Waals surface area contributed by atoms with Crippen molar-refractivity contribution < 1.29 is 23.9 Å². The van der Waals surface area contributed by atoms with Gasteiger partial charge in [0.2, 0.25) is 5.91 Å². The first-order chi connectivity index (χ1) is 20.1. The zero-order valence-corrected chi connectivity index (χ0v) is 26.7. The van der Waals surface area contributed by atoms with Gasteiger partial charge in [0.05, 0.1) is 11.6 Å². The van der Waals surface area contributed by atoms with Crippen LogP contribution < -0.4 is 10.1 Å². The maximum atomic E-state index is 13.6. The molecule has 8 nitrogen and oxygen atoms in total. The van der Waals surface area contributed by atoms with Crippen LogP contribution in [0.15, 0.2) is 36.4 Å². The zero-order valence-electron chi connectivity index (χ0n) is 26.7. The number of hydrogen-bond acceptors (Lipinski definition) is 6. The number of urea groups is 1. The van der Waals surface area contributed by atoms with Crippen molar-refractivity contribution in [3.8, 4) is 5.75 Å². The number of ether oxygens (including phenoxy) is 2. The third-order valence-electron chi connectivity index (χ3n) is 8.68. The standard InChI is InChI=1S/C34H49N3O5/c1-9-14-28(26-17-15-23(6)16-18-26)35-33(40)37-31(39)34(10-2,11-3)32(37)42-27-21-24(7)29(25(8)22-27)30(38)41-20-19-36(12-4)13-5/h15-18,21-22,28,32H,9-14,19-20H2,1-8H3,(H,35,40)/t28-,32+/m1/s1. The van der Waals surface area contributed by atoms with E-state index in [4.69, 9.17) is 9.47 Å². The lowest BCUT2D eigenvalue weighted by atomic mass is 9.72. The molecule has 0 saturated carbocycles. The normalized spacial score (nSPS) is 16.6. The van der Waals surface area contributed by atoms with Crippen molar-refractivity contribution in [1.82, 2.24) is 15.1 Å². The minimum Gasteiger partial charge on any atom is -0.469 e. The summed E-state index contributed by atoms with van der Waals surface area (Å²) in [7, 11) is 0. The number of carbonyl (C=O) groups excluding carboxylic acids is 3. The smallest absolute Gasteiger partial charge is 0.338 e. The highest BCUT2D eigenvalue weighted by Crippen LogP contribution is 2.46. The molecule has 0 bridgehead atoms. The zero-order chi connectivity index (χ0) is 31.0. The molecule has 1 fully saturated rings. The molecule has 3 rings (SSSR count). The number of hydrogen-bond donors (Lipinski definition) is 1. The van der Waals surface area contributed by atoms with Crippen molar-refractivity contribution in [1.29, 1.82) is 0 Å². The Morgan fingerprint density at radius 2 is 1.57 bits per heavy atom. The molecule has 0 aliphatic carbocycles. The number of rotatable bonds is 14. The number of likely N-dealkylation sites (tertiary alicyclic amines) is 1. The van der Waals surface area contributed by atoms with E-state index in [0.717, 1.165) is 48.2 Å². The van der Waals surface area contributed by atoms with E-state index in [1.807, 2.05) is 58.9 Å². The van der Waals surface area contributed by atoms with Crippen molar-refractivity contribution in [2.24, 2.45) is 5.41 Å². The SMILES string of the molecule is CCC[C@@H](NC(=O)N1C(=O)C(CC)(CC)[C@@H]1Oc1cc(C)c(C(=O)OCCN(CC)CC)c(C)c1)c1ccc(C)cc1. The van der Waals surface area contributed by atoms with Gasteiger partial charge < -0.3 is 19.7 Å². The molecule has 2 aromatic carbocycles. The molecule has 0 unspecified atom stereocenters. The van der Waals surface area contributed by atoms with Crippen LogP contribution in [0.25, 0.3) is 0 Å². The van der Waals surface area contributed by atoms with Crippen LogP contribution in [-0.2, 0) is 9.53 Å². The Labute approximate surface area is 251 Å². The molecular weight excluding hydrogens is 530 g/mol. The van der Waals surface area contributed by atoms with Crippen molar-refractivity contribution in [3.05, 3.63) is 64.2 Å². The Hall–Kier alpha value is -3.39. The van der Waals surface area contributed by atoms with Crippen LogP contribution in [0, 0.1) is 26.2 Å². The summed E-state index contributed by atoms with van der Waals surface area (Å²) in [5.41, 5.74) is 3.31. The summed E-state index contributed by atoms with van der Waals surface area (Å²) in [6.45, 7) is 18.7. The van der Waals surface area contributed by atoms with Crippen LogP contribution in [0.3, 0.4) is 0 Å². The molecule has 1 N–H and O–H groups in total. The first kappa shape index (κ1) is 33.1. The van der Waals surface area contributed by atoms with E-state index in [2.05, 4.69) is 31.0 Å². The second-order valence-corrected chi connectivity index (χ2v) is 11.3. The molecule has 2 atom stereocenters. The van der Waals surface area contributed by atoms with E-state index in [-0.39, 0.29) is 17.9 Å². The summed E-state index contributed by atoms with van der Waals surface area (Å²) in [4.78, 5) is 43.5. The summed E-state index contributed by atoms with van der Waals surface area (Å²) in [6, 6.07) is 11.0. The molecule has 2 aromatic rings. The lowest BCUT2D eigenvalue weighted by Gasteiger charge is -2.53. The minimum atomic E-state index is -0.800. The quantitative estimate of drug-likeness (QED) is 0.198. The first-order valence-corrected chi connectivity index (χ1v) is 15.4. The highest BCUT2D eigenvalue weighted by molar-refractivity contribution is 6.03. The van der Waals surface area contributed by atoms with Gasteiger partial charge in [0.25, 0.3) is 0 Å². The molecule has 42 heavy (non-hydrogen) atoms. The van der Waals surface area contributed by atoms with Gasteiger partial charge >= 0.3 is 12.0 Å². The molecular formula is C34H49N3O5. The molecule has 230 valence electrons. The van der Waals surface area contributed by atoms with Crippen LogP contribution in [0.2, 0.25) is 0 Å². The largest absolute Gasteiger partial charge is 0.469 e. The maximum Gasteiger partial charge on any atom is 0.338 e. The fourth-order valence-electron chi connectivity index (χ4n) is 5.85. The van der Waals surface area contributed by atoms with Crippen molar-refractivity contribution in [2.75, 3.05) is 26.2 Å². The van der Waals surface area contributed by atoms with E-state index in [1.54, 1.807) is 12.1 Å². The number of carbonyl (C=O) groups is 3. The molecule has 8 heteroatoms. The average Bonchev–Trinajstić information content (AvgIpc) is 2.96. The van der Waals surface area contributed by atoms with E-state index < -0.39 is 17.7 Å². The Bertz CT molecular complexity index is 1210. The summed E-state index contributed by atoms with van der Waals surface area (Å²) in [5.74, 6) is -0.0797. The molecule has 0 spiro atoms. The number of esters is 1. The number of β-lactam (4-membered cyclic amide) rings is 1. The van der Waals surface area contributed by atoms with Gasteiger partial charge in [0.15, 0.2) is 6.23 Å². The highest BCUT2D eigenvalue weighted by atomic mass is 16.5. The van der Waals surface area contributed by atoms with Gasteiger partial charge in [-0.3, -0.25) is 4.79 Å². The Morgan fingerprint density at radius 3 is 2.10 bits per heavy atom. The molecule has 1 aliphatic heterocycles. The predicted molar refractivity (Wildman–Crippen MR) is 166 cm³/mol. The van der Waals surface area contributed by atoms with Crippen LogP contribution >= 0.6 is 0 Å². The third-order valence-corrected chi connectivity index (χ3v) is 8.68. The Balaban J connectivity index is 1.81. The highest BCUT2D eigenvalue weighted by Gasteiger charge is 2.63.